The van der Waals surface area contributed by atoms with E-state index in [2.05, 4.69) is 36.2 Å². The summed E-state index contributed by atoms with van der Waals surface area (Å²) in [6, 6.07) is 12.4. The van der Waals surface area contributed by atoms with Gasteiger partial charge in [-0.2, -0.15) is 14.6 Å². The van der Waals surface area contributed by atoms with Crippen LogP contribution in [0.5, 0.6) is 0 Å². The first-order valence-electron chi connectivity index (χ1n) is 8.88. The number of rotatable bonds is 4. The van der Waals surface area contributed by atoms with Gasteiger partial charge in [-0.25, -0.2) is 0 Å². The average Bonchev–Trinajstić information content (AvgIpc) is 3.29. The van der Waals surface area contributed by atoms with Crippen molar-refractivity contribution in [1.82, 2.24) is 30.1 Å². The average molecular weight is 352 g/mol. The molecule has 4 aromatic rings. The van der Waals surface area contributed by atoms with E-state index in [9.17, 15) is 0 Å². The molecule has 4 heterocycles. The first kappa shape index (κ1) is 15.2. The predicted molar refractivity (Wildman–Crippen MR) is 106 cm³/mol. The molecule has 1 aromatic carbocycles. The van der Waals surface area contributed by atoms with Crippen LogP contribution in [-0.4, -0.2) is 43.9 Å². The van der Waals surface area contributed by atoms with Gasteiger partial charge in [-0.3, -0.25) is 5.10 Å². The van der Waals surface area contributed by atoms with Gasteiger partial charge in [0.2, 0.25) is 5.95 Å². The summed E-state index contributed by atoms with van der Waals surface area (Å²) in [6.07, 6.45) is 4.15. The van der Waals surface area contributed by atoms with Gasteiger partial charge >= 0.3 is 0 Å². The Bertz CT molecular complexity index is 1050. The maximum Gasteiger partial charge on any atom is 0.247 e. The zero-order chi connectivity index (χ0) is 17.3. The van der Waals surface area contributed by atoms with Crippen molar-refractivity contribution in [1.29, 1.82) is 0 Å². The SMILES string of the molecule is [HH].[HH].c1cc(N[C@@H]2CCCNC2)n2nc(Nc3ccc4cn[nH]c4c3)nc2c1. The molecule has 0 bridgehead atoms. The molecule has 8 nitrogen and oxygen atoms in total. The van der Waals surface area contributed by atoms with E-state index in [1.807, 2.05) is 40.9 Å². The zero-order valence-electron chi connectivity index (χ0n) is 14.2. The fourth-order valence-corrected chi connectivity index (χ4v) is 3.40. The number of nitrogens with one attached hydrogen (secondary N) is 4. The summed E-state index contributed by atoms with van der Waals surface area (Å²) in [5.41, 5.74) is 2.71. The van der Waals surface area contributed by atoms with Crippen LogP contribution in [-0.2, 0) is 0 Å². The molecule has 0 radical (unpaired) electrons. The second kappa shape index (κ2) is 6.30. The lowest BCUT2D eigenvalue weighted by atomic mass is 10.1. The maximum atomic E-state index is 4.63. The van der Waals surface area contributed by atoms with Crippen LogP contribution in [0.3, 0.4) is 0 Å². The van der Waals surface area contributed by atoms with Crippen molar-refractivity contribution in [3.63, 3.8) is 0 Å². The Balaban J connectivity index is 0.00000112. The number of fused-ring (bicyclic) bond motifs is 2. The molecule has 5 rings (SSSR count). The van der Waals surface area contributed by atoms with E-state index in [0.29, 0.717) is 12.0 Å². The minimum atomic E-state index is 0. The van der Waals surface area contributed by atoms with Crippen LogP contribution < -0.4 is 16.0 Å². The molecular formula is C18H24N8. The number of aromatic nitrogens is 5. The Morgan fingerprint density at radius 1 is 1.23 bits per heavy atom. The summed E-state index contributed by atoms with van der Waals surface area (Å²) < 4.78 is 1.85. The van der Waals surface area contributed by atoms with Gasteiger partial charge in [-0.05, 0) is 49.7 Å². The molecule has 136 valence electrons. The molecule has 0 unspecified atom stereocenters. The van der Waals surface area contributed by atoms with Crippen molar-refractivity contribution < 1.29 is 2.85 Å². The molecule has 0 spiro atoms. The third-order valence-corrected chi connectivity index (χ3v) is 4.71. The van der Waals surface area contributed by atoms with Crippen LogP contribution >= 0.6 is 0 Å². The highest BCUT2D eigenvalue weighted by Crippen LogP contribution is 2.21. The van der Waals surface area contributed by atoms with E-state index in [1.54, 1.807) is 6.20 Å². The zero-order valence-corrected chi connectivity index (χ0v) is 14.2. The molecule has 1 fully saturated rings. The minimum Gasteiger partial charge on any atom is -0.366 e. The van der Waals surface area contributed by atoms with Crippen LogP contribution in [0.4, 0.5) is 17.5 Å². The Morgan fingerprint density at radius 3 is 3.15 bits per heavy atom. The van der Waals surface area contributed by atoms with Gasteiger partial charge in [0, 0.05) is 26.5 Å². The van der Waals surface area contributed by atoms with Gasteiger partial charge in [-0.15, -0.1) is 5.10 Å². The molecule has 1 aliphatic heterocycles. The molecule has 8 heteroatoms. The fraction of sp³-hybridized carbons (Fsp3) is 0.278. The number of aromatic amines is 1. The largest absolute Gasteiger partial charge is 0.366 e. The molecule has 0 aliphatic carbocycles. The Kier molecular flexibility index (Phi) is 3.67. The summed E-state index contributed by atoms with van der Waals surface area (Å²) in [4.78, 5) is 4.59. The summed E-state index contributed by atoms with van der Waals surface area (Å²) in [5, 5.41) is 23.0. The van der Waals surface area contributed by atoms with Crippen molar-refractivity contribution in [2.45, 2.75) is 18.9 Å². The predicted octanol–water partition coefficient (Wildman–Crippen LogP) is 3.01. The number of anilines is 3. The number of H-pyrrole nitrogens is 1. The van der Waals surface area contributed by atoms with Gasteiger partial charge in [0.05, 0.1) is 11.7 Å². The van der Waals surface area contributed by atoms with Gasteiger partial charge in [0.15, 0.2) is 5.65 Å². The van der Waals surface area contributed by atoms with Crippen LogP contribution in [0, 0.1) is 0 Å². The molecule has 0 amide bonds. The van der Waals surface area contributed by atoms with Crippen molar-refractivity contribution in [2.75, 3.05) is 23.7 Å². The quantitative estimate of drug-likeness (QED) is 0.451. The monoisotopic (exact) mass is 352 g/mol. The summed E-state index contributed by atoms with van der Waals surface area (Å²) >= 11 is 0. The lowest BCUT2D eigenvalue weighted by Crippen LogP contribution is -2.38. The number of pyridine rings is 1. The van der Waals surface area contributed by atoms with E-state index in [1.165, 1.54) is 6.42 Å². The molecule has 0 saturated carbocycles. The lowest BCUT2D eigenvalue weighted by molar-refractivity contribution is 0.478. The summed E-state index contributed by atoms with van der Waals surface area (Å²) in [6.45, 7) is 2.07. The normalized spacial score (nSPS) is 17.6. The van der Waals surface area contributed by atoms with E-state index < -0.39 is 0 Å². The summed E-state index contributed by atoms with van der Waals surface area (Å²) in [5.74, 6) is 1.53. The topological polar surface area (TPSA) is 95.0 Å². The molecule has 3 aromatic heterocycles. The van der Waals surface area contributed by atoms with Gasteiger partial charge in [0.1, 0.15) is 5.82 Å². The third kappa shape index (κ3) is 2.84. The van der Waals surface area contributed by atoms with E-state index in [0.717, 1.165) is 47.6 Å². The first-order chi connectivity index (χ1) is 12.8. The van der Waals surface area contributed by atoms with Gasteiger partial charge in [0.25, 0.3) is 0 Å². The van der Waals surface area contributed by atoms with Crippen molar-refractivity contribution in [3.05, 3.63) is 42.6 Å². The van der Waals surface area contributed by atoms with E-state index in [4.69, 9.17) is 0 Å². The lowest BCUT2D eigenvalue weighted by Gasteiger charge is -2.24. The standard InChI is InChI=1S/C18H20N8.2H2/c1-4-16(21-14-3-2-8-19-11-14)26-17(5-1)23-18(25-26)22-13-7-6-12-10-20-24-15(12)9-13;;/h1,4-7,9-10,14,19,21H,2-3,8,11H2,(H,20,24)(H,22,25);2*1H/t14-;;/m1../s1. The van der Waals surface area contributed by atoms with Crippen LogP contribution in [0.1, 0.15) is 15.7 Å². The number of hydrogen-bond donors (Lipinski definition) is 4. The van der Waals surface area contributed by atoms with E-state index >= 15 is 0 Å². The van der Waals surface area contributed by atoms with Gasteiger partial charge < -0.3 is 16.0 Å². The van der Waals surface area contributed by atoms with Crippen LogP contribution in [0.15, 0.2) is 42.6 Å². The highest BCUT2D eigenvalue weighted by Gasteiger charge is 2.15. The van der Waals surface area contributed by atoms with E-state index in [-0.39, 0.29) is 2.85 Å². The second-order valence-electron chi connectivity index (χ2n) is 6.60. The number of piperidine rings is 1. The Labute approximate surface area is 153 Å². The van der Waals surface area contributed by atoms with Crippen molar-refractivity contribution >= 4 is 34.0 Å². The van der Waals surface area contributed by atoms with Gasteiger partial charge in [-0.1, -0.05) is 6.07 Å². The molecule has 1 atom stereocenters. The Morgan fingerprint density at radius 2 is 2.23 bits per heavy atom. The fourth-order valence-electron chi connectivity index (χ4n) is 3.40. The highest BCUT2D eigenvalue weighted by molar-refractivity contribution is 5.82. The number of hydrogen-bond acceptors (Lipinski definition) is 6. The second-order valence-corrected chi connectivity index (χ2v) is 6.60. The smallest absolute Gasteiger partial charge is 0.247 e. The van der Waals surface area contributed by atoms with Crippen LogP contribution in [0.2, 0.25) is 0 Å². The molecule has 1 saturated heterocycles. The first-order valence-corrected chi connectivity index (χ1v) is 8.88. The maximum absolute atomic E-state index is 4.63. The number of benzene rings is 1. The molecule has 26 heavy (non-hydrogen) atoms. The van der Waals surface area contributed by atoms with Crippen molar-refractivity contribution in [2.24, 2.45) is 0 Å². The molecular weight excluding hydrogens is 328 g/mol. The van der Waals surface area contributed by atoms with Crippen LogP contribution in [0.25, 0.3) is 16.6 Å². The third-order valence-electron chi connectivity index (χ3n) is 4.71. The molecule has 1 aliphatic rings. The van der Waals surface area contributed by atoms with Crippen molar-refractivity contribution in [3.8, 4) is 0 Å². The highest BCUT2D eigenvalue weighted by atomic mass is 15.4. The Hall–Kier alpha value is -3.13. The molecule has 4 N–H and O–H groups in total. The summed E-state index contributed by atoms with van der Waals surface area (Å²) in [7, 11) is 0. The number of nitrogens with zero attached hydrogens (tertiary/aromatic N) is 4. The minimum absolute atomic E-state index is 0.